The van der Waals surface area contributed by atoms with E-state index in [2.05, 4.69) is 0 Å². The number of hydrogen-bond acceptors (Lipinski definition) is 2. The van der Waals surface area contributed by atoms with Gasteiger partial charge in [-0.2, -0.15) is 18.4 Å². The first kappa shape index (κ1) is 15.9. The third-order valence-electron chi connectivity index (χ3n) is 3.01. The molecule has 0 bridgehead atoms. The Bertz CT molecular complexity index is 697. The van der Waals surface area contributed by atoms with E-state index < -0.39 is 11.7 Å². The van der Waals surface area contributed by atoms with Gasteiger partial charge >= 0.3 is 6.18 Å². The normalized spacial score (nSPS) is 11.3. The molecule has 0 atom stereocenters. The second-order valence-corrected chi connectivity index (χ2v) is 5.06. The fourth-order valence-electron chi connectivity index (χ4n) is 2.01. The lowest BCUT2D eigenvalue weighted by Gasteiger charge is -2.12. The van der Waals surface area contributed by atoms with Gasteiger partial charge in [-0.05, 0) is 49.2 Å². The van der Waals surface area contributed by atoms with Crippen molar-refractivity contribution in [3.05, 3.63) is 53.6 Å². The molecule has 0 amide bonds. The molecule has 0 saturated carbocycles. The summed E-state index contributed by atoms with van der Waals surface area (Å²) in [5.41, 5.74) is 0.935. The van der Waals surface area contributed by atoms with Crippen LogP contribution in [0.25, 0.3) is 11.1 Å². The van der Waals surface area contributed by atoms with E-state index in [-0.39, 0.29) is 6.10 Å². The molecule has 2 nitrogen and oxygen atoms in total. The molecule has 22 heavy (non-hydrogen) atoms. The Kier molecular flexibility index (Phi) is 4.41. The van der Waals surface area contributed by atoms with Crippen LogP contribution in [0.2, 0.25) is 0 Å². The lowest BCUT2D eigenvalue weighted by molar-refractivity contribution is -0.137. The van der Waals surface area contributed by atoms with Gasteiger partial charge in [0.2, 0.25) is 0 Å². The van der Waals surface area contributed by atoms with Gasteiger partial charge in [-0.1, -0.05) is 18.2 Å². The minimum Gasteiger partial charge on any atom is -0.490 e. The number of benzene rings is 2. The third-order valence-corrected chi connectivity index (χ3v) is 3.01. The molecule has 5 heteroatoms. The number of nitrogens with zero attached hydrogens (tertiary/aromatic N) is 1. The van der Waals surface area contributed by atoms with Gasteiger partial charge < -0.3 is 4.74 Å². The first-order valence-electron chi connectivity index (χ1n) is 6.69. The lowest BCUT2D eigenvalue weighted by atomic mass is 10.0. The highest BCUT2D eigenvalue weighted by Gasteiger charge is 2.29. The zero-order valence-electron chi connectivity index (χ0n) is 12.1. The van der Waals surface area contributed by atoms with E-state index >= 15 is 0 Å². The zero-order valence-corrected chi connectivity index (χ0v) is 12.1. The Balaban J connectivity index is 2.35. The Morgan fingerprint density at radius 1 is 1.00 bits per heavy atom. The lowest BCUT2D eigenvalue weighted by Crippen LogP contribution is -2.06. The smallest absolute Gasteiger partial charge is 0.416 e. The number of rotatable bonds is 3. The van der Waals surface area contributed by atoms with E-state index in [1.54, 1.807) is 18.2 Å². The second-order valence-electron chi connectivity index (χ2n) is 5.06. The molecule has 0 heterocycles. The highest BCUT2D eigenvalue weighted by Crippen LogP contribution is 2.32. The van der Waals surface area contributed by atoms with Crippen molar-refractivity contribution >= 4 is 0 Å². The summed E-state index contributed by atoms with van der Waals surface area (Å²) in [6.45, 7) is 3.70. The van der Waals surface area contributed by atoms with E-state index in [4.69, 9.17) is 4.74 Å². The van der Waals surface area contributed by atoms with Crippen molar-refractivity contribution in [2.75, 3.05) is 0 Å². The average Bonchev–Trinajstić information content (AvgIpc) is 2.46. The average molecular weight is 305 g/mol. The molecule has 0 N–H and O–H groups in total. The van der Waals surface area contributed by atoms with Crippen LogP contribution in [0.4, 0.5) is 13.2 Å². The molecule has 114 valence electrons. The van der Waals surface area contributed by atoms with Crippen LogP contribution in [-0.2, 0) is 6.18 Å². The Morgan fingerprint density at radius 2 is 1.59 bits per heavy atom. The van der Waals surface area contributed by atoms with Crippen molar-refractivity contribution in [2.45, 2.75) is 26.1 Å². The summed E-state index contributed by atoms with van der Waals surface area (Å²) in [6, 6.07) is 11.9. The van der Waals surface area contributed by atoms with E-state index in [9.17, 15) is 18.4 Å². The Labute approximate surface area is 126 Å². The molecule has 0 fully saturated rings. The topological polar surface area (TPSA) is 33.0 Å². The first-order valence-corrected chi connectivity index (χ1v) is 6.69. The summed E-state index contributed by atoms with van der Waals surface area (Å²) < 4.78 is 43.2. The summed E-state index contributed by atoms with van der Waals surface area (Å²) in [7, 11) is 0. The van der Waals surface area contributed by atoms with Crippen molar-refractivity contribution < 1.29 is 17.9 Å². The standard InChI is InChI=1S/C17H14F3NO/c1-11(2)22-16-8-5-13(9-14(16)10-21)12-3-6-15(7-4-12)17(18,19)20/h3-9,11H,1-2H3. The van der Waals surface area contributed by atoms with Crippen molar-refractivity contribution in [3.63, 3.8) is 0 Å². The molecule has 2 aromatic rings. The number of ether oxygens (including phenoxy) is 1. The predicted molar refractivity (Wildman–Crippen MR) is 77.4 cm³/mol. The highest BCUT2D eigenvalue weighted by molar-refractivity contribution is 5.67. The molecule has 0 aromatic heterocycles. The molecular formula is C17H14F3NO. The fourth-order valence-corrected chi connectivity index (χ4v) is 2.01. The maximum Gasteiger partial charge on any atom is 0.416 e. The Hall–Kier alpha value is -2.48. The quantitative estimate of drug-likeness (QED) is 0.796. The highest BCUT2D eigenvalue weighted by atomic mass is 19.4. The van der Waals surface area contributed by atoms with Crippen LogP contribution in [0.15, 0.2) is 42.5 Å². The monoisotopic (exact) mass is 305 g/mol. The molecule has 2 aromatic carbocycles. The third kappa shape index (κ3) is 3.59. The molecule has 0 unspecified atom stereocenters. The molecule has 0 saturated heterocycles. The van der Waals surface area contributed by atoms with E-state index in [0.29, 0.717) is 22.4 Å². The molecule has 0 spiro atoms. The molecule has 0 aliphatic rings. The molecule has 0 aliphatic carbocycles. The van der Waals surface area contributed by atoms with Gasteiger partial charge in [0, 0.05) is 0 Å². The number of nitriles is 1. The van der Waals surface area contributed by atoms with Gasteiger partial charge in [0.05, 0.1) is 17.2 Å². The first-order chi connectivity index (χ1) is 10.3. The van der Waals surface area contributed by atoms with Crippen LogP contribution in [-0.4, -0.2) is 6.10 Å². The minimum absolute atomic E-state index is 0.0657. The maximum atomic E-state index is 12.6. The summed E-state index contributed by atoms with van der Waals surface area (Å²) in [5.74, 6) is 0.466. The molecular weight excluding hydrogens is 291 g/mol. The van der Waals surface area contributed by atoms with E-state index in [1.165, 1.54) is 12.1 Å². The Morgan fingerprint density at radius 3 is 2.09 bits per heavy atom. The number of alkyl halides is 3. The number of hydrogen-bond donors (Lipinski definition) is 0. The zero-order chi connectivity index (χ0) is 16.3. The summed E-state index contributed by atoms with van der Waals surface area (Å²) in [6.07, 6.45) is -4.42. The van der Waals surface area contributed by atoms with E-state index in [0.717, 1.165) is 12.1 Å². The van der Waals surface area contributed by atoms with Crippen LogP contribution in [0.1, 0.15) is 25.0 Å². The van der Waals surface area contributed by atoms with Crippen LogP contribution in [0.3, 0.4) is 0 Å². The van der Waals surface area contributed by atoms with Gasteiger partial charge in [-0.15, -0.1) is 0 Å². The van der Waals surface area contributed by atoms with Crippen molar-refractivity contribution in [3.8, 4) is 22.9 Å². The van der Waals surface area contributed by atoms with Crippen molar-refractivity contribution in [1.29, 1.82) is 5.26 Å². The van der Waals surface area contributed by atoms with Gasteiger partial charge in [0.1, 0.15) is 11.8 Å². The van der Waals surface area contributed by atoms with Gasteiger partial charge in [0.15, 0.2) is 0 Å². The van der Waals surface area contributed by atoms with Crippen LogP contribution >= 0.6 is 0 Å². The molecule has 0 radical (unpaired) electrons. The minimum atomic E-state index is -4.36. The molecule has 0 aliphatic heterocycles. The predicted octanol–water partition coefficient (Wildman–Crippen LogP) is 5.03. The van der Waals surface area contributed by atoms with E-state index in [1.807, 2.05) is 19.9 Å². The number of halogens is 3. The van der Waals surface area contributed by atoms with Crippen molar-refractivity contribution in [2.24, 2.45) is 0 Å². The van der Waals surface area contributed by atoms with Crippen LogP contribution in [0.5, 0.6) is 5.75 Å². The SMILES string of the molecule is CC(C)Oc1ccc(-c2ccc(C(F)(F)F)cc2)cc1C#N. The summed E-state index contributed by atoms with van der Waals surface area (Å²) in [4.78, 5) is 0. The van der Waals surface area contributed by atoms with Gasteiger partial charge in [-0.25, -0.2) is 0 Å². The fraction of sp³-hybridized carbons (Fsp3) is 0.235. The second kappa shape index (κ2) is 6.10. The summed E-state index contributed by atoms with van der Waals surface area (Å²) in [5, 5.41) is 9.17. The van der Waals surface area contributed by atoms with Gasteiger partial charge in [0.25, 0.3) is 0 Å². The van der Waals surface area contributed by atoms with Crippen molar-refractivity contribution in [1.82, 2.24) is 0 Å². The van der Waals surface area contributed by atoms with Gasteiger partial charge in [-0.3, -0.25) is 0 Å². The van der Waals surface area contributed by atoms with Crippen LogP contribution in [0, 0.1) is 11.3 Å². The summed E-state index contributed by atoms with van der Waals surface area (Å²) >= 11 is 0. The van der Waals surface area contributed by atoms with Crippen LogP contribution < -0.4 is 4.74 Å². The largest absolute Gasteiger partial charge is 0.490 e. The maximum absolute atomic E-state index is 12.6. The molecule has 2 rings (SSSR count).